The molecule has 134 valence electrons. The topological polar surface area (TPSA) is 60.9 Å². The van der Waals surface area contributed by atoms with E-state index >= 15 is 0 Å². The van der Waals surface area contributed by atoms with Gasteiger partial charge in [-0.25, -0.2) is 0 Å². The van der Waals surface area contributed by atoms with Crippen LogP contribution in [0.15, 0.2) is 48.5 Å². The number of benzene rings is 2. The van der Waals surface area contributed by atoms with E-state index in [4.69, 9.17) is 0 Å². The van der Waals surface area contributed by atoms with Crippen LogP contribution in [0.4, 0.5) is 5.69 Å². The molecule has 1 fully saturated rings. The molecule has 2 aliphatic heterocycles. The van der Waals surface area contributed by atoms with Gasteiger partial charge >= 0.3 is 0 Å². The summed E-state index contributed by atoms with van der Waals surface area (Å²) in [7, 11) is 1.81. The molecule has 4 rings (SSSR count). The summed E-state index contributed by atoms with van der Waals surface area (Å²) in [6, 6.07) is 14.7. The highest BCUT2D eigenvalue weighted by Gasteiger charge is 2.52. The second kappa shape index (κ2) is 6.16. The number of likely N-dealkylation sites (tertiary alicyclic amines) is 1. The minimum absolute atomic E-state index is 0.00508. The Morgan fingerprint density at radius 3 is 2.81 bits per heavy atom. The summed E-state index contributed by atoms with van der Waals surface area (Å²) in [6.45, 7) is 1.09. The largest absolute Gasteiger partial charge is 0.508 e. The van der Waals surface area contributed by atoms with E-state index in [1.165, 1.54) is 0 Å². The molecule has 1 spiro atoms. The first-order valence-electron chi connectivity index (χ1n) is 8.95. The zero-order valence-corrected chi connectivity index (χ0v) is 14.8. The molecule has 0 aliphatic carbocycles. The number of carbonyl (C=O) groups is 2. The van der Waals surface area contributed by atoms with Gasteiger partial charge in [0.25, 0.3) is 0 Å². The fourth-order valence-corrected chi connectivity index (χ4v) is 4.33. The third-order valence-electron chi connectivity index (χ3n) is 5.61. The number of piperidine rings is 1. The fraction of sp³-hybridized carbons (Fsp3) is 0.333. The Morgan fingerprint density at radius 2 is 2.00 bits per heavy atom. The van der Waals surface area contributed by atoms with Crippen LogP contribution in [-0.2, 0) is 21.4 Å². The molecular formula is C21H22N2O3. The highest BCUT2D eigenvalue weighted by molar-refractivity contribution is 6.08. The van der Waals surface area contributed by atoms with Gasteiger partial charge in [-0.15, -0.1) is 0 Å². The van der Waals surface area contributed by atoms with E-state index in [0.717, 1.165) is 29.7 Å². The fourth-order valence-electron chi connectivity index (χ4n) is 4.33. The number of hydrogen-bond acceptors (Lipinski definition) is 3. The lowest BCUT2D eigenvalue weighted by Gasteiger charge is -2.39. The van der Waals surface area contributed by atoms with E-state index in [2.05, 4.69) is 0 Å². The van der Waals surface area contributed by atoms with Gasteiger partial charge in [0, 0.05) is 25.8 Å². The smallest absolute Gasteiger partial charge is 0.239 e. The van der Waals surface area contributed by atoms with Crippen LogP contribution in [0.5, 0.6) is 5.75 Å². The van der Waals surface area contributed by atoms with E-state index in [0.29, 0.717) is 13.1 Å². The van der Waals surface area contributed by atoms with Gasteiger partial charge in [-0.3, -0.25) is 9.59 Å². The number of aromatic hydroxyl groups is 1. The van der Waals surface area contributed by atoms with E-state index in [1.807, 2.05) is 37.4 Å². The van der Waals surface area contributed by atoms with Gasteiger partial charge in [-0.2, -0.15) is 0 Å². The second-order valence-corrected chi connectivity index (χ2v) is 7.23. The summed E-state index contributed by atoms with van der Waals surface area (Å²) in [4.78, 5) is 29.4. The molecule has 1 saturated heterocycles. The Bertz CT molecular complexity index is 879. The second-order valence-electron chi connectivity index (χ2n) is 7.23. The van der Waals surface area contributed by atoms with Crippen molar-refractivity contribution in [3.05, 3.63) is 59.7 Å². The van der Waals surface area contributed by atoms with E-state index < -0.39 is 5.41 Å². The standard InChI is InChI=1S/C21H22N2O3/c1-22-18-9-3-2-8-17(18)21(20(22)26)10-5-11-23(14-21)19(25)13-15-6-4-7-16(24)12-15/h2-4,6-9,12,24H,5,10-11,13-14H2,1H3/t21-/m0/s1. The Labute approximate surface area is 152 Å². The van der Waals surface area contributed by atoms with Crippen LogP contribution in [0.2, 0.25) is 0 Å². The van der Waals surface area contributed by atoms with E-state index in [9.17, 15) is 14.7 Å². The van der Waals surface area contributed by atoms with Crippen molar-refractivity contribution < 1.29 is 14.7 Å². The van der Waals surface area contributed by atoms with E-state index in [1.54, 1.807) is 28.0 Å². The van der Waals surface area contributed by atoms with Crippen molar-refractivity contribution in [3.8, 4) is 5.75 Å². The lowest BCUT2D eigenvalue weighted by molar-refractivity contribution is -0.135. The Kier molecular flexibility index (Phi) is 3.94. The maximum Gasteiger partial charge on any atom is 0.239 e. The number of phenols is 1. The Hall–Kier alpha value is -2.82. The zero-order chi connectivity index (χ0) is 18.3. The normalized spacial score (nSPS) is 22.0. The predicted octanol–water partition coefficient (Wildman–Crippen LogP) is 2.47. The maximum atomic E-state index is 13.1. The number of amides is 2. The molecule has 2 aromatic carbocycles. The highest BCUT2D eigenvalue weighted by Crippen LogP contribution is 2.46. The molecule has 1 atom stereocenters. The number of carbonyl (C=O) groups excluding carboxylic acids is 2. The molecule has 0 bridgehead atoms. The number of anilines is 1. The summed E-state index contributed by atoms with van der Waals surface area (Å²) in [6.07, 6.45) is 1.80. The van der Waals surface area contributed by atoms with Gasteiger partial charge in [0.2, 0.25) is 11.8 Å². The summed E-state index contributed by atoms with van der Waals surface area (Å²) >= 11 is 0. The summed E-state index contributed by atoms with van der Waals surface area (Å²) in [5.41, 5.74) is 2.13. The van der Waals surface area contributed by atoms with Gasteiger partial charge < -0.3 is 14.9 Å². The summed E-state index contributed by atoms with van der Waals surface area (Å²) in [5, 5.41) is 9.60. The maximum absolute atomic E-state index is 13.1. The quantitative estimate of drug-likeness (QED) is 0.905. The number of fused-ring (bicyclic) bond motifs is 2. The van der Waals surface area contributed by atoms with Gasteiger partial charge in [-0.05, 0) is 42.2 Å². The predicted molar refractivity (Wildman–Crippen MR) is 99.2 cm³/mol. The molecule has 0 radical (unpaired) electrons. The summed E-state index contributed by atoms with van der Waals surface area (Å²) in [5.74, 6) is 0.231. The molecule has 5 heteroatoms. The first-order valence-corrected chi connectivity index (χ1v) is 8.95. The monoisotopic (exact) mass is 350 g/mol. The molecule has 26 heavy (non-hydrogen) atoms. The molecule has 0 saturated carbocycles. The average molecular weight is 350 g/mol. The number of rotatable bonds is 2. The van der Waals surface area contributed by atoms with Crippen molar-refractivity contribution in [1.82, 2.24) is 4.90 Å². The van der Waals surface area contributed by atoms with Crippen molar-refractivity contribution >= 4 is 17.5 Å². The SMILES string of the molecule is CN1C(=O)[C@]2(CCCN(C(=O)Cc3cccc(O)c3)C2)c2ccccc21. The molecule has 0 unspecified atom stereocenters. The molecule has 2 heterocycles. The molecule has 1 N–H and O–H groups in total. The van der Waals surface area contributed by atoms with Gasteiger partial charge in [0.15, 0.2) is 0 Å². The number of hydrogen-bond donors (Lipinski definition) is 1. The molecule has 2 aliphatic rings. The molecule has 0 aromatic heterocycles. The molecular weight excluding hydrogens is 328 g/mol. The first-order chi connectivity index (χ1) is 12.5. The minimum Gasteiger partial charge on any atom is -0.508 e. The van der Waals surface area contributed by atoms with Crippen LogP contribution >= 0.6 is 0 Å². The number of para-hydroxylation sites is 1. The Balaban J connectivity index is 1.60. The van der Waals surface area contributed by atoms with E-state index in [-0.39, 0.29) is 24.0 Å². The Morgan fingerprint density at radius 1 is 1.19 bits per heavy atom. The zero-order valence-electron chi connectivity index (χ0n) is 14.8. The van der Waals surface area contributed by atoms with Gasteiger partial charge in [-0.1, -0.05) is 30.3 Å². The van der Waals surface area contributed by atoms with Crippen LogP contribution < -0.4 is 4.90 Å². The van der Waals surface area contributed by atoms with Crippen LogP contribution in [0, 0.1) is 0 Å². The molecule has 2 aromatic rings. The van der Waals surface area contributed by atoms with Crippen molar-refractivity contribution in [1.29, 1.82) is 0 Å². The van der Waals surface area contributed by atoms with Gasteiger partial charge in [0.05, 0.1) is 11.8 Å². The minimum atomic E-state index is -0.627. The molecule has 2 amide bonds. The number of nitrogens with zero attached hydrogens (tertiary/aromatic N) is 2. The average Bonchev–Trinajstić information content (AvgIpc) is 2.85. The molecule has 5 nitrogen and oxygen atoms in total. The van der Waals surface area contributed by atoms with Crippen molar-refractivity contribution in [2.24, 2.45) is 0 Å². The first kappa shape index (κ1) is 16.6. The number of likely N-dealkylation sites (N-methyl/N-ethyl adjacent to an activating group) is 1. The number of phenolic OH excluding ortho intramolecular Hbond substituents is 1. The van der Waals surface area contributed by atoms with Crippen LogP contribution in [-0.4, -0.2) is 42.0 Å². The van der Waals surface area contributed by atoms with Crippen molar-refractivity contribution in [2.45, 2.75) is 24.7 Å². The van der Waals surface area contributed by atoms with Crippen LogP contribution in [0.1, 0.15) is 24.0 Å². The third kappa shape index (κ3) is 2.55. The third-order valence-corrected chi connectivity index (χ3v) is 5.61. The van der Waals surface area contributed by atoms with Crippen molar-refractivity contribution in [3.63, 3.8) is 0 Å². The van der Waals surface area contributed by atoms with Gasteiger partial charge in [0.1, 0.15) is 5.75 Å². The summed E-state index contributed by atoms with van der Waals surface area (Å²) < 4.78 is 0. The van der Waals surface area contributed by atoms with Crippen LogP contribution in [0.25, 0.3) is 0 Å². The van der Waals surface area contributed by atoms with Crippen molar-refractivity contribution in [2.75, 3.05) is 25.0 Å². The highest BCUT2D eigenvalue weighted by atomic mass is 16.3. The lowest BCUT2D eigenvalue weighted by atomic mass is 9.75. The van der Waals surface area contributed by atoms with Crippen LogP contribution in [0.3, 0.4) is 0 Å². The lowest BCUT2D eigenvalue weighted by Crippen LogP contribution is -2.53.